The minimum Gasteiger partial charge on any atom is -0.350 e. The summed E-state index contributed by atoms with van der Waals surface area (Å²) in [6.45, 7) is 2.84. The van der Waals surface area contributed by atoms with Gasteiger partial charge >= 0.3 is 0 Å². The maximum Gasteiger partial charge on any atom is 0.243 e. The molecule has 2 aromatic rings. The lowest BCUT2D eigenvalue weighted by molar-refractivity contribution is -0.125. The fourth-order valence-electron chi connectivity index (χ4n) is 4.32. The quantitative estimate of drug-likeness (QED) is 0.652. The van der Waals surface area contributed by atoms with Gasteiger partial charge in [-0.15, -0.1) is 11.8 Å². The van der Waals surface area contributed by atoms with E-state index in [1.807, 2.05) is 30.5 Å². The van der Waals surface area contributed by atoms with Crippen LogP contribution in [-0.2, 0) is 32.6 Å². The Bertz CT molecular complexity index is 1130. The molecule has 0 aliphatic carbocycles. The van der Waals surface area contributed by atoms with E-state index in [2.05, 4.69) is 5.32 Å². The van der Waals surface area contributed by atoms with Crippen molar-refractivity contribution in [1.29, 1.82) is 0 Å². The smallest absolute Gasteiger partial charge is 0.243 e. The average Bonchev–Trinajstić information content (AvgIpc) is 3.45. The summed E-state index contributed by atoms with van der Waals surface area (Å²) >= 11 is 1.65. The Labute approximate surface area is 193 Å². The third kappa shape index (κ3) is 4.42. The molecule has 0 unspecified atom stereocenters. The second-order valence-electron chi connectivity index (χ2n) is 8.08. The number of carbonyl (C=O) groups is 2. The molecule has 2 aromatic carbocycles. The summed E-state index contributed by atoms with van der Waals surface area (Å²) in [5, 5.41) is 2.92. The summed E-state index contributed by atoms with van der Waals surface area (Å²) in [6, 6.07) is 12.0. The molecule has 0 spiro atoms. The van der Waals surface area contributed by atoms with Gasteiger partial charge in [0.2, 0.25) is 21.8 Å². The van der Waals surface area contributed by atoms with Crippen LogP contribution in [0.3, 0.4) is 0 Å². The first-order valence-corrected chi connectivity index (χ1v) is 13.3. The number of hydrogen-bond donors (Lipinski definition) is 1. The van der Waals surface area contributed by atoms with Crippen LogP contribution in [0.2, 0.25) is 0 Å². The van der Waals surface area contributed by atoms with Crippen LogP contribution in [0.25, 0.3) is 0 Å². The van der Waals surface area contributed by atoms with Crippen LogP contribution < -0.4 is 10.2 Å². The molecule has 2 heterocycles. The normalized spacial score (nSPS) is 18.6. The summed E-state index contributed by atoms with van der Waals surface area (Å²) < 4.78 is 27.4. The minimum atomic E-state index is -3.56. The summed E-state index contributed by atoms with van der Waals surface area (Å²) in [5.41, 5.74) is 2.27. The van der Waals surface area contributed by atoms with Gasteiger partial charge in [0.1, 0.15) is 6.04 Å². The number of nitrogens with one attached hydrogen (secondary N) is 1. The predicted molar refractivity (Wildman–Crippen MR) is 125 cm³/mol. The molecule has 0 aromatic heterocycles. The molecular weight excluding hydrogens is 446 g/mol. The number of fused-ring (bicyclic) bond motifs is 1. The van der Waals surface area contributed by atoms with Crippen molar-refractivity contribution in [1.82, 2.24) is 9.62 Å². The summed E-state index contributed by atoms with van der Waals surface area (Å²) in [7, 11) is -3.56. The molecule has 1 fully saturated rings. The van der Waals surface area contributed by atoms with Gasteiger partial charge < -0.3 is 5.32 Å². The number of rotatable bonds is 6. The maximum absolute atomic E-state index is 13.0. The first kappa shape index (κ1) is 22.8. The maximum atomic E-state index is 13.0. The molecule has 0 bridgehead atoms. The SMILES string of the molecule is CSc1ccc(CNC(=O)[C@@H]2Cc3cc(S(=O)(=O)N4CCCC4)ccc3N2C(C)=O)cc1. The topological polar surface area (TPSA) is 86.8 Å². The van der Waals surface area contributed by atoms with E-state index in [9.17, 15) is 18.0 Å². The van der Waals surface area contributed by atoms with E-state index >= 15 is 0 Å². The van der Waals surface area contributed by atoms with E-state index in [1.54, 1.807) is 23.9 Å². The monoisotopic (exact) mass is 473 g/mol. The Hall–Kier alpha value is -2.36. The molecule has 9 heteroatoms. The van der Waals surface area contributed by atoms with E-state index in [0.717, 1.165) is 23.3 Å². The zero-order valence-corrected chi connectivity index (χ0v) is 19.8. The molecule has 0 radical (unpaired) electrons. The molecule has 1 saturated heterocycles. The number of hydrogen-bond acceptors (Lipinski definition) is 5. The van der Waals surface area contributed by atoms with Crippen molar-refractivity contribution in [3.63, 3.8) is 0 Å². The van der Waals surface area contributed by atoms with Gasteiger partial charge in [0.05, 0.1) is 4.90 Å². The number of anilines is 1. The van der Waals surface area contributed by atoms with E-state index in [1.165, 1.54) is 22.2 Å². The third-order valence-electron chi connectivity index (χ3n) is 6.01. The standard InChI is InChI=1S/C23H27N3O4S2/c1-16(27)26-21-10-9-20(32(29,30)25-11-3-4-12-25)13-18(21)14-22(26)23(28)24-15-17-5-7-19(31-2)8-6-17/h5-10,13,22H,3-4,11-12,14-15H2,1-2H3,(H,24,28)/t22-/m0/s1. The Balaban J connectivity index is 1.52. The molecule has 170 valence electrons. The molecule has 1 atom stereocenters. The van der Waals surface area contributed by atoms with Gasteiger partial charge in [-0.2, -0.15) is 4.31 Å². The third-order valence-corrected chi connectivity index (χ3v) is 8.64. The lowest BCUT2D eigenvalue weighted by Gasteiger charge is -2.23. The van der Waals surface area contributed by atoms with Crippen molar-refractivity contribution >= 4 is 39.3 Å². The lowest BCUT2D eigenvalue weighted by Crippen LogP contribution is -2.47. The second kappa shape index (κ2) is 9.25. The molecule has 7 nitrogen and oxygen atoms in total. The Morgan fingerprint density at radius 3 is 2.41 bits per heavy atom. The molecule has 32 heavy (non-hydrogen) atoms. The fraction of sp³-hybridized carbons (Fsp3) is 0.391. The van der Waals surface area contributed by atoms with Gasteiger partial charge in [-0.3, -0.25) is 14.5 Å². The minimum absolute atomic E-state index is 0.219. The highest BCUT2D eigenvalue weighted by Gasteiger charge is 2.38. The van der Waals surface area contributed by atoms with Crippen LogP contribution in [0.15, 0.2) is 52.3 Å². The Kier molecular flexibility index (Phi) is 6.60. The highest BCUT2D eigenvalue weighted by Crippen LogP contribution is 2.35. The van der Waals surface area contributed by atoms with Crippen molar-refractivity contribution in [2.24, 2.45) is 0 Å². The Morgan fingerprint density at radius 1 is 1.09 bits per heavy atom. The van der Waals surface area contributed by atoms with Crippen molar-refractivity contribution in [2.45, 2.75) is 48.6 Å². The van der Waals surface area contributed by atoms with Crippen LogP contribution in [0.1, 0.15) is 30.9 Å². The van der Waals surface area contributed by atoms with Crippen LogP contribution in [0, 0.1) is 0 Å². The van der Waals surface area contributed by atoms with Crippen LogP contribution >= 0.6 is 11.8 Å². The van der Waals surface area contributed by atoms with Crippen LogP contribution in [-0.4, -0.2) is 49.9 Å². The number of amides is 2. The van der Waals surface area contributed by atoms with Crippen molar-refractivity contribution < 1.29 is 18.0 Å². The van der Waals surface area contributed by atoms with Crippen LogP contribution in [0.5, 0.6) is 0 Å². The number of carbonyl (C=O) groups excluding carboxylic acids is 2. The molecular formula is C23H27N3O4S2. The van der Waals surface area contributed by atoms with E-state index in [0.29, 0.717) is 30.9 Å². The van der Waals surface area contributed by atoms with Gasteiger partial charge in [-0.1, -0.05) is 12.1 Å². The average molecular weight is 474 g/mol. The molecule has 2 aliphatic heterocycles. The fourth-order valence-corrected chi connectivity index (χ4v) is 6.29. The Morgan fingerprint density at radius 2 is 1.78 bits per heavy atom. The number of sulfonamides is 1. The van der Waals surface area contributed by atoms with Gasteiger partial charge in [-0.25, -0.2) is 8.42 Å². The van der Waals surface area contributed by atoms with E-state index in [-0.39, 0.29) is 23.1 Å². The second-order valence-corrected chi connectivity index (χ2v) is 10.9. The number of nitrogens with zero attached hydrogens (tertiary/aromatic N) is 2. The van der Waals surface area contributed by atoms with Crippen molar-refractivity contribution in [2.75, 3.05) is 24.2 Å². The summed E-state index contributed by atoms with van der Waals surface area (Å²) in [4.78, 5) is 28.2. The first-order chi connectivity index (χ1) is 15.3. The van der Waals surface area contributed by atoms with E-state index < -0.39 is 16.1 Å². The lowest BCUT2D eigenvalue weighted by atomic mass is 10.1. The highest BCUT2D eigenvalue weighted by molar-refractivity contribution is 7.98. The van der Waals surface area contributed by atoms with Gasteiger partial charge in [-0.05, 0) is 60.6 Å². The zero-order chi connectivity index (χ0) is 22.9. The van der Waals surface area contributed by atoms with E-state index in [4.69, 9.17) is 0 Å². The zero-order valence-electron chi connectivity index (χ0n) is 18.2. The van der Waals surface area contributed by atoms with Gasteiger partial charge in [0.25, 0.3) is 0 Å². The number of benzene rings is 2. The summed E-state index contributed by atoms with van der Waals surface area (Å²) in [6.07, 6.45) is 4.03. The van der Waals surface area contributed by atoms with Gasteiger partial charge in [0, 0.05) is 43.6 Å². The highest BCUT2D eigenvalue weighted by atomic mass is 32.2. The van der Waals surface area contributed by atoms with Crippen molar-refractivity contribution in [3.8, 4) is 0 Å². The van der Waals surface area contributed by atoms with Crippen LogP contribution in [0.4, 0.5) is 5.69 Å². The largest absolute Gasteiger partial charge is 0.350 e. The predicted octanol–water partition coefficient (Wildman–Crippen LogP) is 2.79. The molecule has 4 rings (SSSR count). The molecule has 2 amide bonds. The molecule has 0 saturated carbocycles. The number of thioether (sulfide) groups is 1. The first-order valence-electron chi connectivity index (χ1n) is 10.6. The van der Waals surface area contributed by atoms with Crippen molar-refractivity contribution in [3.05, 3.63) is 53.6 Å². The summed E-state index contributed by atoms with van der Waals surface area (Å²) in [5.74, 6) is -0.502. The van der Waals surface area contributed by atoms with Gasteiger partial charge in [0.15, 0.2) is 0 Å². The molecule has 2 aliphatic rings. The molecule has 1 N–H and O–H groups in total.